The van der Waals surface area contributed by atoms with Crippen molar-refractivity contribution < 1.29 is 4.79 Å². The molecule has 0 saturated heterocycles. The van der Waals surface area contributed by atoms with Crippen LogP contribution in [0.5, 0.6) is 0 Å². The normalized spacial score (nSPS) is 37.6. The first-order chi connectivity index (χ1) is 10.1. The summed E-state index contributed by atoms with van der Waals surface area (Å²) in [6.07, 6.45) is 8.65. The molecule has 3 aliphatic carbocycles. The lowest BCUT2D eigenvalue weighted by Gasteiger charge is -2.48. The monoisotopic (exact) mass is 280 g/mol. The highest BCUT2D eigenvalue weighted by Crippen LogP contribution is 2.59. The number of ketones is 1. The lowest BCUT2D eigenvalue weighted by molar-refractivity contribution is -0.129. The summed E-state index contributed by atoms with van der Waals surface area (Å²) in [7, 11) is 0. The van der Waals surface area contributed by atoms with Gasteiger partial charge in [-0.3, -0.25) is 4.79 Å². The van der Waals surface area contributed by atoms with Crippen LogP contribution < -0.4 is 0 Å². The zero-order valence-corrected chi connectivity index (χ0v) is 12.9. The third kappa shape index (κ3) is 1.79. The Morgan fingerprint density at radius 2 is 2.10 bits per heavy atom. The van der Waals surface area contributed by atoms with E-state index in [1.807, 2.05) is 6.08 Å². The highest BCUT2D eigenvalue weighted by molar-refractivity contribution is 5.87. The van der Waals surface area contributed by atoms with Crippen LogP contribution in [-0.2, 0) is 11.2 Å². The minimum atomic E-state index is -0.000271. The number of hydrogen-bond acceptors (Lipinski definition) is 1. The minimum Gasteiger partial charge on any atom is -0.299 e. The fourth-order valence-electron chi connectivity index (χ4n) is 5.50. The predicted octanol–water partition coefficient (Wildman–Crippen LogP) is 4.75. The molecule has 2 fully saturated rings. The van der Waals surface area contributed by atoms with Gasteiger partial charge in [-0.2, -0.15) is 0 Å². The number of rotatable bonds is 1. The second-order valence-corrected chi connectivity index (χ2v) is 7.50. The van der Waals surface area contributed by atoms with Gasteiger partial charge < -0.3 is 0 Å². The topological polar surface area (TPSA) is 17.1 Å². The first-order valence-electron chi connectivity index (χ1n) is 8.42. The zero-order chi connectivity index (χ0) is 14.6. The fourth-order valence-corrected chi connectivity index (χ4v) is 5.50. The van der Waals surface area contributed by atoms with Crippen LogP contribution in [0.3, 0.4) is 0 Å². The maximum absolute atomic E-state index is 12.3. The van der Waals surface area contributed by atoms with Crippen molar-refractivity contribution >= 4 is 11.9 Å². The Labute approximate surface area is 127 Å². The van der Waals surface area contributed by atoms with E-state index < -0.39 is 0 Å². The summed E-state index contributed by atoms with van der Waals surface area (Å²) in [4.78, 5) is 12.3. The smallest absolute Gasteiger partial charge is 0.139 e. The molecule has 0 heterocycles. The van der Waals surface area contributed by atoms with Gasteiger partial charge in [0, 0.05) is 11.8 Å². The number of Topliss-reactive ketones (excluding diaryl/α,β-unsaturated/α-hetero) is 1. The molecule has 0 aromatic heterocycles. The molecule has 0 bridgehead atoms. The fraction of sp³-hybridized carbons (Fsp3) is 0.550. The van der Waals surface area contributed by atoms with Crippen LogP contribution in [-0.4, -0.2) is 5.78 Å². The average Bonchev–Trinajstić information content (AvgIpc) is 2.82. The van der Waals surface area contributed by atoms with Crippen LogP contribution in [0.4, 0.5) is 0 Å². The van der Waals surface area contributed by atoms with Gasteiger partial charge in [0.2, 0.25) is 0 Å². The van der Waals surface area contributed by atoms with Gasteiger partial charge >= 0.3 is 0 Å². The third-order valence-corrected chi connectivity index (χ3v) is 6.70. The lowest BCUT2D eigenvalue weighted by Crippen LogP contribution is -2.42. The van der Waals surface area contributed by atoms with Crippen molar-refractivity contribution in [3.63, 3.8) is 0 Å². The Morgan fingerprint density at radius 3 is 2.90 bits per heavy atom. The highest BCUT2D eigenvalue weighted by atomic mass is 16.1. The molecule has 1 heteroatoms. The average molecular weight is 280 g/mol. The van der Waals surface area contributed by atoms with Crippen LogP contribution >= 0.6 is 0 Å². The summed E-state index contributed by atoms with van der Waals surface area (Å²) in [5.41, 5.74) is 4.34. The number of fused-ring (bicyclic) bond motifs is 5. The van der Waals surface area contributed by atoms with E-state index in [1.54, 1.807) is 5.56 Å². The predicted molar refractivity (Wildman–Crippen MR) is 86.2 cm³/mol. The summed E-state index contributed by atoms with van der Waals surface area (Å²) in [5.74, 6) is 2.60. The van der Waals surface area contributed by atoms with E-state index in [1.165, 1.54) is 30.4 Å². The maximum Gasteiger partial charge on any atom is 0.139 e. The summed E-state index contributed by atoms with van der Waals surface area (Å²) in [5, 5.41) is 0. The summed E-state index contributed by atoms with van der Waals surface area (Å²) in [6.45, 7) is 6.13. The molecule has 1 nitrogen and oxygen atoms in total. The quantitative estimate of drug-likeness (QED) is 0.725. The number of carbonyl (C=O) groups excluding carboxylic acids is 1. The van der Waals surface area contributed by atoms with Crippen molar-refractivity contribution in [2.75, 3.05) is 0 Å². The van der Waals surface area contributed by atoms with E-state index in [-0.39, 0.29) is 5.41 Å². The van der Waals surface area contributed by atoms with E-state index >= 15 is 0 Å². The molecule has 1 aromatic rings. The van der Waals surface area contributed by atoms with Crippen molar-refractivity contribution in [3.8, 4) is 0 Å². The van der Waals surface area contributed by atoms with E-state index in [0.717, 1.165) is 25.2 Å². The molecule has 0 amide bonds. The first-order valence-corrected chi connectivity index (χ1v) is 8.42. The van der Waals surface area contributed by atoms with Gasteiger partial charge in [0.1, 0.15) is 5.78 Å². The Morgan fingerprint density at radius 1 is 1.24 bits per heavy atom. The van der Waals surface area contributed by atoms with Gasteiger partial charge in [-0.1, -0.05) is 37.8 Å². The molecule has 21 heavy (non-hydrogen) atoms. The molecule has 1 aromatic carbocycles. The van der Waals surface area contributed by atoms with E-state index in [4.69, 9.17) is 0 Å². The first kappa shape index (κ1) is 13.3. The maximum atomic E-state index is 12.3. The number of carbonyl (C=O) groups is 1. The van der Waals surface area contributed by atoms with Gasteiger partial charge in [-0.25, -0.2) is 0 Å². The van der Waals surface area contributed by atoms with Crippen LogP contribution in [0, 0.1) is 17.3 Å². The molecular weight excluding hydrogens is 256 g/mol. The molecule has 0 aliphatic heterocycles. The highest BCUT2D eigenvalue weighted by Gasteiger charge is 2.54. The van der Waals surface area contributed by atoms with Gasteiger partial charge in [0.05, 0.1) is 0 Å². The summed E-state index contributed by atoms with van der Waals surface area (Å²) < 4.78 is 0. The standard InChI is InChI=1S/C20H24O/c1-3-13-4-6-15-14(12-13)5-7-17-16(15)10-11-20(2)18(17)8-9-19(20)21/h3-4,6,12,16-18H,1,5,7-11H2,2H3. The molecule has 110 valence electrons. The van der Waals surface area contributed by atoms with Crippen LogP contribution in [0.1, 0.15) is 61.6 Å². The Hall–Kier alpha value is -1.37. The summed E-state index contributed by atoms with van der Waals surface area (Å²) >= 11 is 0. The Bertz CT molecular complexity index is 614. The largest absolute Gasteiger partial charge is 0.299 e. The van der Waals surface area contributed by atoms with Gasteiger partial charge in [-0.15, -0.1) is 0 Å². The molecule has 0 N–H and O–H groups in total. The molecule has 0 radical (unpaired) electrons. The molecule has 3 aliphatic rings. The van der Waals surface area contributed by atoms with E-state index in [2.05, 4.69) is 31.7 Å². The molecular formula is C20H24O. The lowest BCUT2D eigenvalue weighted by atomic mass is 9.55. The molecule has 4 unspecified atom stereocenters. The van der Waals surface area contributed by atoms with Crippen molar-refractivity contribution in [2.24, 2.45) is 17.3 Å². The molecule has 4 atom stereocenters. The van der Waals surface area contributed by atoms with Gasteiger partial charge in [-0.05, 0) is 66.5 Å². The van der Waals surface area contributed by atoms with Crippen LogP contribution in [0.2, 0.25) is 0 Å². The van der Waals surface area contributed by atoms with E-state index in [0.29, 0.717) is 17.6 Å². The van der Waals surface area contributed by atoms with Gasteiger partial charge in [0.15, 0.2) is 0 Å². The second kappa shape index (κ2) is 4.56. The molecule has 2 saturated carbocycles. The van der Waals surface area contributed by atoms with Gasteiger partial charge in [0.25, 0.3) is 0 Å². The second-order valence-electron chi connectivity index (χ2n) is 7.50. The van der Waals surface area contributed by atoms with Crippen molar-refractivity contribution in [1.82, 2.24) is 0 Å². The SMILES string of the molecule is C=Cc1ccc2c(c1)CCC1C2CCC2(C)C(=O)CCC12. The zero-order valence-electron chi connectivity index (χ0n) is 12.9. The summed E-state index contributed by atoms with van der Waals surface area (Å²) in [6, 6.07) is 6.87. The van der Waals surface area contributed by atoms with E-state index in [9.17, 15) is 4.79 Å². The third-order valence-electron chi connectivity index (χ3n) is 6.70. The minimum absolute atomic E-state index is 0.000271. The van der Waals surface area contributed by atoms with Crippen LogP contribution in [0.15, 0.2) is 24.8 Å². The van der Waals surface area contributed by atoms with Crippen molar-refractivity contribution in [1.29, 1.82) is 0 Å². The van der Waals surface area contributed by atoms with Crippen molar-refractivity contribution in [3.05, 3.63) is 41.5 Å². The van der Waals surface area contributed by atoms with Crippen LogP contribution in [0.25, 0.3) is 6.08 Å². The number of benzene rings is 1. The Balaban J connectivity index is 1.71. The molecule has 4 rings (SSSR count). The number of hydrogen-bond donors (Lipinski definition) is 0. The Kier molecular flexibility index (Phi) is 2.89. The molecule has 0 spiro atoms. The van der Waals surface area contributed by atoms with Crippen molar-refractivity contribution in [2.45, 2.75) is 51.4 Å². The number of aryl methyl sites for hydroxylation is 1.